The molecule has 0 radical (unpaired) electrons. The van der Waals surface area contributed by atoms with Crippen LogP contribution >= 0.6 is 0 Å². The lowest BCUT2D eigenvalue weighted by Crippen LogP contribution is -2.54. The number of nitrogens with zero attached hydrogens (tertiary/aromatic N) is 1. The lowest BCUT2D eigenvalue weighted by molar-refractivity contribution is -0.150. The Kier molecular flexibility index (Phi) is 4.10. The molecule has 6 heteroatoms. The first-order chi connectivity index (χ1) is 9.66. The number of carboxylic acid groups (broad SMARTS) is 1. The van der Waals surface area contributed by atoms with Crippen LogP contribution in [-0.2, 0) is 14.4 Å². The predicted molar refractivity (Wildman–Crippen MR) is 76.4 cm³/mol. The molecule has 2 rings (SSSR count). The van der Waals surface area contributed by atoms with Gasteiger partial charge in [0.2, 0.25) is 11.8 Å². The van der Waals surface area contributed by atoms with E-state index in [4.69, 9.17) is 0 Å². The fraction of sp³-hybridized carbons (Fsp3) is 0.800. The number of carbonyl (C=O) groups excluding carboxylic acids is 2. The molecule has 0 aromatic carbocycles. The van der Waals surface area contributed by atoms with Gasteiger partial charge in [-0.15, -0.1) is 0 Å². The molecule has 1 aliphatic carbocycles. The van der Waals surface area contributed by atoms with Gasteiger partial charge in [-0.1, -0.05) is 20.8 Å². The second kappa shape index (κ2) is 5.40. The number of hydrogen-bond acceptors (Lipinski definition) is 4. The lowest BCUT2D eigenvalue weighted by atomic mass is 9.61. The summed E-state index contributed by atoms with van der Waals surface area (Å²) in [7, 11) is 1.50. The molecule has 0 aromatic rings. The van der Waals surface area contributed by atoms with Crippen molar-refractivity contribution in [2.45, 2.75) is 52.1 Å². The van der Waals surface area contributed by atoms with Crippen molar-refractivity contribution >= 4 is 17.8 Å². The Morgan fingerprint density at radius 3 is 2.43 bits per heavy atom. The number of likely N-dealkylation sites (N-methyl/N-ethyl adjacent to an activating group) is 1. The van der Waals surface area contributed by atoms with E-state index >= 15 is 0 Å². The normalized spacial score (nSPS) is 36.1. The predicted octanol–water partition coefficient (Wildman–Crippen LogP) is 0.859. The molecule has 21 heavy (non-hydrogen) atoms. The third-order valence-corrected chi connectivity index (χ3v) is 5.54. The van der Waals surface area contributed by atoms with E-state index in [1.807, 2.05) is 20.8 Å². The average Bonchev–Trinajstić information content (AvgIpc) is 2.62. The Morgan fingerprint density at radius 2 is 1.95 bits per heavy atom. The topological polar surface area (TPSA) is 86.7 Å². The number of rotatable bonds is 3. The average molecular weight is 296 g/mol. The number of carbonyl (C=O) groups is 3. The van der Waals surface area contributed by atoms with Crippen molar-refractivity contribution in [1.82, 2.24) is 10.2 Å². The molecular formula is C15H24N2O4. The van der Waals surface area contributed by atoms with Crippen molar-refractivity contribution in [3.8, 4) is 0 Å². The zero-order valence-electron chi connectivity index (χ0n) is 13.0. The standard InChI is InChI=1S/C15H24N2O4/c1-8-10(6-5-9(14(20)21)15(8,2)3)16-11-7-12(18)17(4)13(11)19/h8-11,16H,5-7H2,1-4H3,(H,20,21). The molecule has 2 fully saturated rings. The zero-order valence-corrected chi connectivity index (χ0v) is 13.0. The molecule has 4 unspecified atom stereocenters. The Morgan fingerprint density at radius 1 is 1.33 bits per heavy atom. The summed E-state index contributed by atoms with van der Waals surface area (Å²) in [6, 6.07) is -0.407. The van der Waals surface area contributed by atoms with E-state index in [0.717, 1.165) is 4.90 Å². The Balaban J connectivity index is 2.08. The molecule has 2 N–H and O–H groups in total. The summed E-state index contributed by atoms with van der Waals surface area (Å²) in [6.07, 6.45) is 1.50. The molecule has 0 spiro atoms. The van der Waals surface area contributed by atoms with Crippen molar-refractivity contribution in [3.63, 3.8) is 0 Å². The van der Waals surface area contributed by atoms with E-state index in [1.54, 1.807) is 0 Å². The third kappa shape index (κ3) is 2.69. The van der Waals surface area contributed by atoms with E-state index < -0.39 is 12.0 Å². The Bertz CT molecular complexity index is 474. The van der Waals surface area contributed by atoms with Crippen LogP contribution in [0.5, 0.6) is 0 Å². The van der Waals surface area contributed by atoms with Gasteiger partial charge in [0.1, 0.15) is 0 Å². The van der Waals surface area contributed by atoms with Gasteiger partial charge < -0.3 is 10.4 Å². The maximum absolute atomic E-state index is 12.0. The third-order valence-electron chi connectivity index (χ3n) is 5.54. The van der Waals surface area contributed by atoms with Gasteiger partial charge in [-0.3, -0.25) is 19.3 Å². The van der Waals surface area contributed by atoms with Crippen molar-refractivity contribution in [2.24, 2.45) is 17.3 Å². The van der Waals surface area contributed by atoms with Gasteiger partial charge in [-0.05, 0) is 24.2 Å². The minimum absolute atomic E-state index is 0.0591. The SMILES string of the molecule is CC1C(NC2CC(=O)N(C)C2=O)CCC(C(=O)O)C1(C)C. The molecule has 4 atom stereocenters. The molecule has 1 aliphatic heterocycles. The number of aliphatic carboxylic acids is 1. The molecule has 0 bridgehead atoms. The summed E-state index contributed by atoms with van der Waals surface area (Å²) in [6.45, 7) is 5.97. The quantitative estimate of drug-likeness (QED) is 0.754. The molecule has 0 aromatic heterocycles. The van der Waals surface area contributed by atoms with Crippen LogP contribution < -0.4 is 5.32 Å². The lowest BCUT2D eigenvalue weighted by Gasteiger charge is -2.47. The van der Waals surface area contributed by atoms with Crippen LogP contribution in [0.4, 0.5) is 0 Å². The summed E-state index contributed by atoms with van der Waals surface area (Å²) >= 11 is 0. The fourth-order valence-corrected chi connectivity index (χ4v) is 3.62. The number of carboxylic acids is 1. The largest absolute Gasteiger partial charge is 0.481 e. The molecule has 2 aliphatic rings. The van der Waals surface area contributed by atoms with Crippen LogP contribution in [-0.4, -0.2) is 46.9 Å². The maximum Gasteiger partial charge on any atom is 0.307 e. The highest BCUT2D eigenvalue weighted by Gasteiger charge is 2.48. The van der Waals surface area contributed by atoms with Gasteiger partial charge >= 0.3 is 5.97 Å². The molecule has 1 saturated carbocycles. The highest BCUT2D eigenvalue weighted by Crippen LogP contribution is 2.45. The molecule has 118 valence electrons. The van der Waals surface area contributed by atoms with Gasteiger partial charge in [-0.25, -0.2) is 0 Å². The van der Waals surface area contributed by atoms with Crippen LogP contribution in [0.25, 0.3) is 0 Å². The smallest absolute Gasteiger partial charge is 0.307 e. The summed E-state index contributed by atoms with van der Waals surface area (Å²) in [5.41, 5.74) is -0.348. The van der Waals surface area contributed by atoms with E-state index in [0.29, 0.717) is 12.8 Å². The minimum Gasteiger partial charge on any atom is -0.481 e. The van der Waals surface area contributed by atoms with Crippen LogP contribution in [0.3, 0.4) is 0 Å². The Labute approximate surface area is 124 Å². The number of nitrogens with one attached hydrogen (secondary N) is 1. The molecule has 6 nitrogen and oxygen atoms in total. The monoisotopic (exact) mass is 296 g/mol. The molecule has 2 amide bonds. The first-order valence-corrected chi connectivity index (χ1v) is 7.45. The van der Waals surface area contributed by atoms with E-state index in [1.165, 1.54) is 7.05 Å². The number of hydrogen-bond donors (Lipinski definition) is 2. The van der Waals surface area contributed by atoms with Gasteiger partial charge in [0.05, 0.1) is 18.4 Å². The van der Waals surface area contributed by atoms with Gasteiger partial charge in [0, 0.05) is 13.1 Å². The highest BCUT2D eigenvalue weighted by molar-refractivity contribution is 6.05. The molecular weight excluding hydrogens is 272 g/mol. The first-order valence-electron chi connectivity index (χ1n) is 7.45. The minimum atomic E-state index is -0.753. The zero-order chi connectivity index (χ0) is 15.9. The molecule has 1 heterocycles. The highest BCUT2D eigenvalue weighted by atomic mass is 16.4. The van der Waals surface area contributed by atoms with Crippen LogP contribution in [0.1, 0.15) is 40.0 Å². The van der Waals surface area contributed by atoms with Crippen LogP contribution in [0, 0.1) is 17.3 Å². The van der Waals surface area contributed by atoms with Crippen molar-refractivity contribution in [2.75, 3.05) is 7.05 Å². The second-order valence-corrected chi connectivity index (χ2v) is 6.90. The summed E-state index contributed by atoms with van der Waals surface area (Å²) in [4.78, 5) is 36.1. The van der Waals surface area contributed by atoms with Crippen molar-refractivity contribution in [1.29, 1.82) is 0 Å². The van der Waals surface area contributed by atoms with Crippen LogP contribution in [0.2, 0.25) is 0 Å². The van der Waals surface area contributed by atoms with Crippen LogP contribution in [0.15, 0.2) is 0 Å². The van der Waals surface area contributed by atoms with Gasteiger partial charge in [0.25, 0.3) is 0 Å². The number of likely N-dealkylation sites (tertiary alicyclic amines) is 1. The number of imide groups is 1. The van der Waals surface area contributed by atoms with E-state index in [2.05, 4.69) is 5.32 Å². The van der Waals surface area contributed by atoms with E-state index in [-0.39, 0.29) is 41.5 Å². The second-order valence-electron chi connectivity index (χ2n) is 6.90. The summed E-state index contributed by atoms with van der Waals surface area (Å²) in [5, 5.41) is 12.6. The van der Waals surface area contributed by atoms with Crippen molar-refractivity contribution < 1.29 is 19.5 Å². The van der Waals surface area contributed by atoms with Crippen molar-refractivity contribution in [3.05, 3.63) is 0 Å². The first kappa shape index (κ1) is 15.9. The fourth-order valence-electron chi connectivity index (χ4n) is 3.62. The maximum atomic E-state index is 12.0. The number of amides is 2. The van der Waals surface area contributed by atoms with Gasteiger partial charge in [0.15, 0.2) is 0 Å². The van der Waals surface area contributed by atoms with Gasteiger partial charge in [-0.2, -0.15) is 0 Å². The Hall–Kier alpha value is -1.43. The van der Waals surface area contributed by atoms with E-state index in [9.17, 15) is 19.5 Å². The summed E-state index contributed by atoms with van der Waals surface area (Å²) in [5.74, 6) is -1.36. The summed E-state index contributed by atoms with van der Waals surface area (Å²) < 4.78 is 0. The molecule has 1 saturated heterocycles.